The number of carbonyl (C=O) groups excluding carboxylic acids is 2. The van der Waals surface area contributed by atoms with Crippen LogP contribution in [0, 0.1) is 0 Å². The van der Waals surface area contributed by atoms with Gasteiger partial charge in [0.1, 0.15) is 12.4 Å². The van der Waals surface area contributed by atoms with E-state index < -0.39 is 11.8 Å². The maximum Gasteiger partial charge on any atom is 0.285 e. The number of hydrazine groups is 1. The molecule has 1 heterocycles. The number of carbonyl (C=O) groups is 2. The third kappa shape index (κ3) is 7.04. The second kappa shape index (κ2) is 13.5. The van der Waals surface area contributed by atoms with Gasteiger partial charge in [0, 0.05) is 16.1 Å². The van der Waals surface area contributed by atoms with Gasteiger partial charge >= 0.3 is 0 Å². The predicted octanol–water partition coefficient (Wildman–Crippen LogP) is 6.60. The van der Waals surface area contributed by atoms with Crippen molar-refractivity contribution in [2.24, 2.45) is 0 Å². The van der Waals surface area contributed by atoms with Crippen LogP contribution in [0.15, 0.2) is 78.2 Å². The summed E-state index contributed by atoms with van der Waals surface area (Å²) in [6.07, 6.45) is 4.02. The Morgan fingerprint density at radius 2 is 1.85 bits per heavy atom. The minimum atomic E-state index is -0.464. The number of ether oxygens (including phenoxy) is 3. The van der Waals surface area contributed by atoms with Crippen LogP contribution >= 0.6 is 35.6 Å². The molecule has 40 heavy (non-hydrogen) atoms. The molecule has 1 aliphatic rings. The molecule has 0 saturated carbocycles. The van der Waals surface area contributed by atoms with Gasteiger partial charge < -0.3 is 14.2 Å². The average molecular weight is 595 g/mol. The Hall–Kier alpha value is -3.79. The van der Waals surface area contributed by atoms with E-state index in [1.807, 2.05) is 43.3 Å². The molecule has 1 fully saturated rings. The van der Waals surface area contributed by atoms with E-state index >= 15 is 0 Å². The topological polar surface area (TPSA) is 77.1 Å². The second-order valence-corrected chi connectivity index (χ2v) is 10.6. The fourth-order valence-electron chi connectivity index (χ4n) is 3.86. The highest BCUT2D eigenvalue weighted by molar-refractivity contribution is 8.26. The summed E-state index contributed by atoms with van der Waals surface area (Å²) in [5.74, 6) is 0.879. The number of thiocarbonyl (C=S) groups is 1. The molecule has 0 atom stereocenters. The largest absolute Gasteiger partial charge is 0.497 e. The van der Waals surface area contributed by atoms with Gasteiger partial charge in [-0.15, -0.1) is 6.58 Å². The molecule has 0 radical (unpaired) electrons. The zero-order valence-electron chi connectivity index (χ0n) is 21.9. The summed E-state index contributed by atoms with van der Waals surface area (Å²) in [5.41, 5.74) is 5.49. The van der Waals surface area contributed by atoms with Crippen LogP contribution < -0.4 is 19.6 Å². The lowest BCUT2D eigenvalue weighted by atomic mass is 10.0. The van der Waals surface area contributed by atoms with Crippen LogP contribution in [0.3, 0.4) is 0 Å². The number of amides is 2. The molecule has 7 nitrogen and oxygen atoms in total. The molecule has 0 spiro atoms. The monoisotopic (exact) mass is 594 g/mol. The minimum absolute atomic E-state index is 0.220. The zero-order valence-corrected chi connectivity index (χ0v) is 24.3. The van der Waals surface area contributed by atoms with Crippen molar-refractivity contribution in [1.29, 1.82) is 0 Å². The summed E-state index contributed by atoms with van der Waals surface area (Å²) in [7, 11) is 1.54. The highest BCUT2D eigenvalue weighted by Gasteiger charge is 2.34. The third-order valence-electron chi connectivity index (χ3n) is 5.77. The first-order valence-electron chi connectivity index (χ1n) is 12.3. The van der Waals surface area contributed by atoms with Crippen molar-refractivity contribution < 1.29 is 23.8 Å². The molecule has 2 amide bonds. The van der Waals surface area contributed by atoms with Gasteiger partial charge in [0.2, 0.25) is 0 Å². The molecular weight excluding hydrogens is 568 g/mol. The number of hydrogen-bond donors (Lipinski definition) is 1. The normalized spacial score (nSPS) is 13.9. The van der Waals surface area contributed by atoms with E-state index in [0.29, 0.717) is 52.4 Å². The van der Waals surface area contributed by atoms with Crippen LogP contribution in [0.5, 0.6) is 17.2 Å². The van der Waals surface area contributed by atoms with Crippen molar-refractivity contribution in [2.75, 3.05) is 13.7 Å². The molecule has 1 N–H and O–H groups in total. The standard InChI is InChI=1S/C30H27ClN2O5S2/c1-4-6-22-15-20(16-25(37-5-2)27(22)38-18-19-7-11-23(31)12-8-19)17-26-29(35)33(30(39)40-26)32-28(34)21-9-13-24(36-3)14-10-21/h4,7-17H,1,5-6,18H2,2-3H3,(H,32,34)/b26-17-. The van der Waals surface area contributed by atoms with Gasteiger partial charge in [-0.2, -0.15) is 5.01 Å². The fourth-order valence-corrected chi connectivity index (χ4v) is 5.17. The highest BCUT2D eigenvalue weighted by Crippen LogP contribution is 2.37. The number of rotatable bonds is 11. The van der Waals surface area contributed by atoms with E-state index in [4.69, 9.17) is 38.0 Å². The number of halogens is 1. The fraction of sp³-hybridized carbons (Fsp3) is 0.167. The Morgan fingerprint density at radius 3 is 2.50 bits per heavy atom. The van der Waals surface area contributed by atoms with Gasteiger partial charge in [-0.25, -0.2) is 0 Å². The quantitative estimate of drug-likeness (QED) is 0.152. The predicted molar refractivity (Wildman–Crippen MR) is 163 cm³/mol. The lowest BCUT2D eigenvalue weighted by Crippen LogP contribution is -2.44. The van der Waals surface area contributed by atoms with Crippen LogP contribution in [0.1, 0.15) is 34.0 Å². The molecule has 10 heteroatoms. The zero-order chi connectivity index (χ0) is 28.6. The number of methoxy groups -OCH3 is 1. The first-order valence-corrected chi connectivity index (χ1v) is 13.9. The Bertz CT molecular complexity index is 1460. The van der Waals surface area contributed by atoms with Crippen molar-refractivity contribution in [3.05, 3.63) is 106 Å². The van der Waals surface area contributed by atoms with E-state index in [9.17, 15) is 9.59 Å². The molecule has 0 bridgehead atoms. The molecule has 3 aromatic carbocycles. The summed E-state index contributed by atoms with van der Waals surface area (Å²) in [6, 6.07) is 17.7. The van der Waals surface area contributed by atoms with Crippen molar-refractivity contribution >= 4 is 57.8 Å². The second-order valence-electron chi connectivity index (χ2n) is 8.53. The van der Waals surface area contributed by atoms with Crippen LogP contribution in [-0.4, -0.2) is 34.9 Å². The van der Waals surface area contributed by atoms with Gasteiger partial charge in [-0.3, -0.25) is 15.0 Å². The Labute approximate surface area is 247 Å². The Morgan fingerprint density at radius 1 is 1.12 bits per heavy atom. The number of thioether (sulfide) groups is 1. The van der Waals surface area contributed by atoms with Gasteiger partial charge in [0.15, 0.2) is 15.8 Å². The lowest BCUT2D eigenvalue weighted by Gasteiger charge is -2.17. The Balaban J connectivity index is 1.57. The summed E-state index contributed by atoms with van der Waals surface area (Å²) in [6.45, 7) is 6.51. The molecular formula is C30H27ClN2O5S2. The third-order valence-corrected chi connectivity index (χ3v) is 7.33. The first-order chi connectivity index (χ1) is 19.3. The molecule has 206 valence electrons. The molecule has 0 aromatic heterocycles. The van der Waals surface area contributed by atoms with Crippen molar-refractivity contribution in [2.45, 2.75) is 20.0 Å². The van der Waals surface area contributed by atoms with E-state index in [-0.39, 0.29) is 4.32 Å². The molecule has 0 aliphatic carbocycles. The van der Waals surface area contributed by atoms with Crippen LogP contribution in [0.25, 0.3) is 6.08 Å². The number of benzene rings is 3. The maximum absolute atomic E-state index is 13.2. The van der Waals surface area contributed by atoms with E-state index in [2.05, 4.69) is 12.0 Å². The van der Waals surface area contributed by atoms with Gasteiger partial charge in [0.05, 0.1) is 18.6 Å². The van der Waals surface area contributed by atoms with Crippen molar-refractivity contribution in [3.8, 4) is 17.2 Å². The lowest BCUT2D eigenvalue weighted by molar-refractivity contribution is -0.123. The number of nitrogens with one attached hydrogen (secondary N) is 1. The molecule has 4 rings (SSSR count). The summed E-state index contributed by atoms with van der Waals surface area (Å²) in [4.78, 5) is 26.3. The van der Waals surface area contributed by atoms with E-state index in [1.54, 1.807) is 43.5 Å². The summed E-state index contributed by atoms with van der Waals surface area (Å²) < 4.78 is 17.5. The summed E-state index contributed by atoms with van der Waals surface area (Å²) in [5, 5.41) is 1.73. The number of nitrogens with zero attached hydrogens (tertiary/aromatic N) is 1. The highest BCUT2D eigenvalue weighted by atomic mass is 35.5. The molecule has 3 aromatic rings. The molecule has 1 aliphatic heterocycles. The first kappa shape index (κ1) is 29.2. The van der Waals surface area contributed by atoms with Crippen LogP contribution in [0.4, 0.5) is 0 Å². The van der Waals surface area contributed by atoms with Gasteiger partial charge in [-0.05, 0) is 91.3 Å². The number of hydrogen-bond acceptors (Lipinski definition) is 7. The minimum Gasteiger partial charge on any atom is -0.497 e. The van der Waals surface area contributed by atoms with Gasteiger partial charge in [-0.1, -0.05) is 41.6 Å². The average Bonchev–Trinajstić information content (AvgIpc) is 3.21. The number of allylic oxidation sites excluding steroid dienone is 1. The van der Waals surface area contributed by atoms with E-state index in [0.717, 1.165) is 33.5 Å². The van der Waals surface area contributed by atoms with Crippen LogP contribution in [-0.2, 0) is 17.8 Å². The molecule has 0 unspecified atom stereocenters. The van der Waals surface area contributed by atoms with Gasteiger partial charge in [0.25, 0.3) is 11.8 Å². The molecule has 1 saturated heterocycles. The van der Waals surface area contributed by atoms with Crippen molar-refractivity contribution in [1.82, 2.24) is 10.4 Å². The Kier molecular flexibility index (Phi) is 9.87. The van der Waals surface area contributed by atoms with E-state index in [1.165, 1.54) is 0 Å². The van der Waals surface area contributed by atoms with Crippen molar-refractivity contribution in [3.63, 3.8) is 0 Å². The summed E-state index contributed by atoms with van der Waals surface area (Å²) >= 11 is 12.5. The maximum atomic E-state index is 13.2. The van der Waals surface area contributed by atoms with Crippen LogP contribution in [0.2, 0.25) is 5.02 Å². The smallest absolute Gasteiger partial charge is 0.285 e. The SMILES string of the molecule is C=CCc1cc(/C=C2\SC(=S)N(NC(=O)c3ccc(OC)cc3)C2=O)cc(OCC)c1OCc1ccc(Cl)cc1.